The summed E-state index contributed by atoms with van der Waals surface area (Å²) in [7, 11) is 0. The Hall–Kier alpha value is -1.71. The van der Waals surface area contributed by atoms with Crippen molar-refractivity contribution in [2.24, 2.45) is 5.92 Å². The van der Waals surface area contributed by atoms with Crippen molar-refractivity contribution in [2.45, 2.75) is 77.7 Å². The Labute approximate surface area is 152 Å². The highest BCUT2D eigenvalue weighted by atomic mass is 16.4. The monoisotopic (exact) mass is 346 g/mol. The average molecular weight is 347 g/mol. The van der Waals surface area contributed by atoms with E-state index in [0.717, 1.165) is 29.9 Å². The topological polar surface area (TPSA) is 66.6 Å². The lowest BCUT2D eigenvalue weighted by atomic mass is 9.91. The molecule has 0 heterocycles. The quantitative estimate of drug-likeness (QED) is 0.648. The molecule has 1 atom stereocenters. The van der Waals surface area contributed by atoms with Crippen molar-refractivity contribution < 1.29 is 9.90 Å². The van der Waals surface area contributed by atoms with Crippen LogP contribution in [0.2, 0.25) is 0 Å². The number of carboxylic acid groups (broad SMARTS) is 1. The van der Waals surface area contributed by atoms with Crippen LogP contribution in [0.1, 0.15) is 77.2 Å². The third kappa shape index (κ3) is 5.38. The summed E-state index contributed by atoms with van der Waals surface area (Å²) in [6, 6.07) is 6.78. The van der Waals surface area contributed by atoms with E-state index in [-0.39, 0.29) is 12.3 Å². The van der Waals surface area contributed by atoms with E-state index in [1.165, 1.54) is 32.1 Å². The van der Waals surface area contributed by atoms with E-state index in [9.17, 15) is 4.79 Å². The number of carboxylic acids is 1. The van der Waals surface area contributed by atoms with E-state index < -0.39 is 5.97 Å². The molecule has 0 radical (unpaired) electrons. The number of nitrogen functional groups attached to an aromatic ring is 1. The Morgan fingerprint density at radius 2 is 1.96 bits per heavy atom. The summed E-state index contributed by atoms with van der Waals surface area (Å²) in [5.41, 5.74) is 9.38. The molecule has 0 amide bonds. The molecule has 0 aromatic heterocycles. The fourth-order valence-electron chi connectivity index (χ4n) is 4.03. The van der Waals surface area contributed by atoms with Crippen LogP contribution in [0.15, 0.2) is 18.2 Å². The molecule has 1 aromatic carbocycles. The fraction of sp³-hybridized carbons (Fsp3) is 0.667. The van der Waals surface area contributed by atoms with Crippen LogP contribution in [0.25, 0.3) is 0 Å². The van der Waals surface area contributed by atoms with Gasteiger partial charge >= 0.3 is 5.97 Å². The van der Waals surface area contributed by atoms with Gasteiger partial charge in [0, 0.05) is 12.6 Å². The largest absolute Gasteiger partial charge is 0.481 e. The molecule has 1 fully saturated rings. The lowest BCUT2D eigenvalue weighted by molar-refractivity contribution is -0.137. The minimum Gasteiger partial charge on any atom is -0.481 e. The average Bonchev–Trinajstić information content (AvgIpc) is 2.58. The van der Waals surface area contributed by atoms with Crippen molar-refractivity contribution in [3.05, 3.63) is 23.8 Å². The first-order valence-electron chi connectivity index (χ1n) is 9.80. The van der Waals surface area contributed by atoms with Gasteiger partial charge in [0.1, 0.15) is 0 Å². The second kappa shape index (κ2) is 9.12. The Kier molecular flexibility index (Phi) is 7.15. The van der Waals surface area contributed by atoms with Crippen LogP contribution >= 0.6 is 0 Å². The zero-order valence-electron chi connectivity index (χ0n) is 16.0. The summed E-state index contributed by atoms with van der Waals surface area (Å²) in [5, 5.41) is 9.12. The summed E-state index contributed by atoms with van der Waals surface area (Å²) in [5.74, 6) is -0.142. The number of rotatable bonds is 8. The molecule has 1 aliphatic carbocycles. The van der Waals surface area contributed by atoms with Crippen LogP contribution in [0.5, 0.6) is 0 Å². The van der Waals surface area contributed by atoms with Crippen LogP contribution < -0.4 is 10.6 Å². The van der Waals surface area contributed by atoms with Crippen LogP contribution in [0.4, 0.5) is 11.4 Å². The number of nitrogens with two attached hydrogens (primary N) is 1. The number of anilines is 2. The molecule has 4 nitrogen and oxygen atoms in total. The molecule has 3 N–H and O–H groups in total. The summed E-state index contributed by atoms with van der Waals surface area (Å²) in [6.45, 7) is 7.55. The number of hydrogen-bond acceptors (Lipinski definition) is 3. The van der Waals surface area contributed by atoms with Gasteiger partial charge in [-0.15, -0.1) is 0 Å². The lowest BCUT2D eigenvalue weighted by Gasteiger charge is -2.38. The normalized spacial score (nSPS) is 16.8. The van der Waals surface area contributed by atoms with E-state index >= 15 is 0 Å². The SMILES string of the molecule is CCC(CC(=O)O)c1ccc(N(CC(C)C)C2CCCCC2)c(N)c1. The van der Waals surface area contributed by atoms with Gasteiger partial charge in [-0.1, -0.05) is 46.1 Å². The maximum atomic E-state index is 11.1. The molecule has 140 valence electrons. The molecule has 1 unspecified atom stereocenters. The Morgan fingerprint density at radius 1 is 1.28 bits per heavy atom. The van der Waals surface area contributed by atoms with Crippen molar-refractivity contribution in [2.75, 3.05) is 17.2 Å². The van der Waals surface area contributed by atoms with Crippen LogP contribution in [0, 0.1) is 5.92 Å². The predicted molar refractivity (Wildman–Crippen MR) is 105 cm³/mol. The van der Waals surface area contributed by atoms with Crippen LogP contribution in [-0.2, 0) is 4.79 Å². The van der Waals surface area contributed by atoms with E-state index in [1.54, 1.807) is 0 Å². The summed E-state index contributed by atoms with van der Waals surface area (Å²) in [6.07, 6.45) is 7.39. The highest BCUT2D eigenvalue weighted by Crippen LogP contribution is 2.35. The molecule has 2 rings (SSSR count). The first-order valence-corrected chi connectivity index (χ1v) is 9.80. The van der Waals surface area contributed by atoms with Gasteiger partial charge in [-0.2, -0.15) is 0 Å². The number of aliphatic carboxylic acids is 1. The van der Waals surface area contributed by atoms with Gasteiger partial charge < -0.3 is 15.7 Å². The summed E-state index contributed by atoms with van der Waals surface area (Å²) >= 11 is 0. The fourth-order valence-corrected chi connectivity index (χ4v) is 4.03. The van der Waals surface area contributed by atoms with Crippen molar-refractivity contribution >= 4 is 17.3 Å². The standard InChI is InChI=1S/C21H34N2O2/c1-4-16(13-21(24)25)17-10-11-20(19(22)12-17)23(14-15(2)3)18-8-6-5-7-9-18/h10-12,15-16,18H,4-9,13-14,22H2,1-3H3,(H,24,25). The van der Waals surface area contributed by atoms with Crippen molar-refractivity contribution in [1.82, 2.24) is 0 Å². The van der Waals surface area contributed by atoms with Crippen LogP contribution in [0.3, 0.4) is 0 Å². The van der Waals surface area contributed by atoms with E-state index in [4.69, 9.17) is 10.8 Å². The number of hydrogen-bond donors (Lipinski definition) is 2. The van der Waals surface area contributed by atoms with Gasteiger partial charge in [-0.25, -0.2) is 0 Å². The van der Waals surface area contributed by atoms with Crippen molar-refractivity contribution in [3.8, 4) is 0 Å². The van der Waals surface area contributed by atoms with Gasteiger partial charge in [0.2, 0.25) is 0 Å². The summed E-state index contributed by atoms with van der Waals surface area (Å²) < 4.78 is 0. The minimum atomic E-state index is -0.752. The Morgan fingerprint density at radius 3 is 2.48 bits per heavy atom. The smallest absolute Gasteiger partial charge is 0.303 e. The molecule has 1 aromatic rings. The molecule has 4 heteroatoms. The maximum Gasteiger partial charge on any atom is 0.303 e. The molecular weight excluding hydrogens is 312 g/mol. The van der Waals surface area contributed by atoms with E-state index in [0.29, 0.717) is 12.0 Å². The maximum absolute atomic E-state index is 11.1. The van der Waals surface area contributed by atoms with Gasteiger partial charge in [0.25, 0.3) is 0 Å². The van der Waals surface area contributed by atoms with E-state index in [1.807, 2.05) is 13.0 Å². The zero-order chi connectivity index (χ0) is 18.4. The van der Waals surface area contributed by atoms with Gasteiger partial charge in [0.15, 0.2) is 0 Å². The summed E-state index contributed by atoms with van der Waals surface area (Å²) in [4.78, 5) is 13.6. The zero-order valence-corrected chi connectivity index (χ0v) is 16.0. The Balaban J connectivity index is 2.26. The van der Waals surface area contributed by atoms with Crippen LogP contribution in [-0.4, -0.2) is 23.7 Å². The second-order valence-electron chi connectivity index (χ2n) is 7.86. The minimum absolute atomic E-state index is 0.0297. The van der Waals surface area contributed by atoms with E-state index in [2.05, 4.69) is 30.9 Å². The molecule has 25 heavy (non-hydrogen) atoms. The third-order valence-corrected chi connectivity index (χ3v) is 5.32. The number of benzene rings is 1. The van der Waals surface area contributed by atoms with Gasteiger partial charge in [-0.3, -0.25) is 4.79 Å². The molecular formula is C21H34N2O2. The molecule has 0 saturated heterocycles. The predicted octanol–water partition coefficient (Wildman–Crippen LogP) is 5.03. The molecule has 0 bridgehead atoms. The van der Waals surface area contributed by atoms with Gasteiger partial charge in [0.05, 0.1) is 17.8 Å². The second-order valence-corrected chi connectivity index (χ2v) is 7.86. The molecule has 0 aliphatic heterocycles. The van der Waals surface area contributed by atoms with Gasteiger partial charge in [-0.05, 0) is 48.8 Å². The van der Waals surface area contributed by atoms with Crippen molar-refractivity contribution in [3.63, 3.8) is 0 Å². The lowest BCUT2D eigenvalue weighted by Crippen LogP contribution is -2.39. The highest BCUT2D eigenvalue weighted by Gasteiger charge is 2.24. The Bertz CT molecular complexity index is 565. The molecule has 1 saturated carbocycles. The van der Waals surface area contributed by atoms with Crippen molar-refractivity contribution in [1.29, 1.82) is 0 Å². The third-order valence-electron chi connectivity index (χ3n) is 5.32. The first-order chi connectivity index (χ1) is 11.9. The highest BCUT2D eigenvalue weighted by molar-refractivity contribution is 5.71. The first kappa shape index (κ1) is 19.6. The number of carbonyl (C=O) groups is 1. The molecule has 0 spiro atoms. The molecule has 1 aliphatic rings. The number of nitrogens with zero attached hydrogens (tertiary/aromatic N) is 1.